The van der Waals surface area contributed by atoms with E-state index in [2.05, 4.69) is 0 Å². The van der Waals surface area contributed by atoms with E-state index >= 15 is 0 Å². The molecule has 0 bridgehead atoms. The first kappa shape index (κ1) is 14.2. The van der Waals surface area contributed by atoms with Gasteiger partial charge in [0.25, 0.3) is 0 Å². The quantitative estimate of drug-likeness (QED) is 0.460. The minimum Gasteiger partial charge on any atom is -0.205 e. The van der Waals surface area contributed by atoms with Gasteiger partial charge < -0.3 is 0 Å². The summed E-state index contributed by atoms with van der Waals surface area (Å²) in [7, 11) is 0. The predicted molar refractivity (Wildman–Crippen MR) is 66.9 cm³/mol. The second kappa shape index (κ2) is 5.02. The van der Waals surface area contributed by atoms with E-state index in [0.29, 0.717) is 0 Å². The topological polar surface area (TPSA) is 0 Å². The number of alkyl halides is 3. The van der Waals surface area contributed by atoms with E-state index in [1.165, 1.54) is 24.3 Å². The molecule has 6 heteroatoms. The van der Waals surface area contributed by atoms with Crippen molar-refractivity contribution in [2.45, 2.75) is 6.18 Å². The number of hydrogen-bond acceptors (Lipinski definition) is 0. The Morgan fingerprint density at radius 3 is 2.16 bits per heavy atom. The van der Waals surface area contributed by atoms with Crippen LogP contribution < -0.4 is 0 Å². The van der Waals surface area contributed by atoms with Crippen molar-refractivity contribution in [3.63, 3.8) is 0 Å². The molecule has 0 radical (unpaired) electrons. The molecule has 0 unspecified atom stereocenters. The van der Waals surface area contributed by atoms with Crippen LogP contribution in [-0.4, -0.2) is 0 Å². The summed E-state index contributed by atoms with van der Waals surface area (Å²) in [6, 6.07) is 6.95. The highest BCUT2D eigenvalue weighted by Crippen LogP contribution is 2.40. The van der Waals surface area contributed by atoms with Crippen LogP contribution in [0.5, 0.6) is 0 Å². The molecular weight excluding hydrogens is 303 g/mol. The zero-order valence-corrected chi connectivity index (χ0v) is 10.7. The molecule has 19 heavy (non-hydrogen) atoms. The van der Waals surface area contributed by atoms with Crippen LogP contribution in [0.4, 0.5) is 17.6 Å². The van der Waals surface area contributed by atoms with Gasteiger partial charge in [0, 0.05) is 10.6 Å². The lowest BCUT2D eigenvalue weighted by molar-refractivity contribution is -0.137. The van der Waals surface area contributed by atoms with Gasteiger partial charge in [0.2, 0.25) is 0 Å². The zero-order chi connectivity index (χ0) is 14.2. The molecule has 0 aromatic heterocycles. The van der Waals surface area contributed by atoms with E-state index in [1.54, 1.807) is 0 Å². The summed E-state index contributed by atoms with van der Waals surface area (Å²) in [5.41, 5.74) is -1.18. The Morgan fingerprint density at radius 2 is 1.53 bits per heavy atom. The summed E-state index contributed by atoms with van der Waals surface area (Å²) in [5, 5.41) is -0.407. The molecule has 0 aliphatic rings. The molecule has 0 nitrogen and oxygen atoms in total. The van der Waals surface area contributed by atoms with E-state index in [9.17, 15) is 17.6 Å². The molecule has 0 saturated carbocycles. The lowest BCUT2D eigenvalue weighted by Gasteiger charge is -2.14. The molecule has 2 aromatic rings. The van der Waals surface area contributed by atoms with Gasteiger partial charge >= 0.3 is 6.18 Å². The van der Waals surface area contributed by atoms with E-state index in [4.69, 9.17) is 23.2 Å². The Bertz CT molecular complexity index is 621. The SMILES string of the molecule is Fc1cc(Cl)cc(-c2ccccc2C(F)(F)F)c1Cl. The first-order chi connectivity index (χ1) is 8.80. The third-order valence-electron chi connectivity index (χ3n) is 2.52. The molecule has 0 aliphatic carbocycles. The summed E-state index contributed by atoms with van der Waals surface area (Å²) in [5.74, 6) is -0.860. The highest BCUT2D eigenvalue weighted by molar-refractivity contribution is 6.35. The standard InChI is InChI=1S/C13H6Cl2F4/c14-7-5-9(12(15)11(16)6-7)8-3-1-2-4-10(8)13(17,18)19/h1-6H. The molecule has 100 valence electrons. The fourth-order valence-corrected chi connectivity index (χ4v) is 2.13. The Balaban J connectivity index is 2.73. The third-order valence-corrected chi connectivity index (χ3v) is 3.12. The van der Waals surface area contributed by atoms with Crippen LogP contribution in [-0.2, 0) is 6.18 Å². The summed E-state index contributed by atoms with van der Waals surface area (Å²) in [6.07, 6.45) is -4.56. The van der Waals surface area contributed by atoms with Crippen molar-refractivity contribution < 1.29 is 17.6 Å². The summed E-state index contributed by atoms with van der Waals surface area (Å²) < 4.78 is 52.1. The monoisotopic (exact) mass is 308 g/mol. The summed E-state index contributed by atoms with van der Waals surface area (Å²) >= 11 is 11.4. The van der Waals surface area contributed by atoms with Crippen LogP contribution in [0, 0.1) is 5.82 Å². The van der Waals surface area contributed by atoms with Crippen molar-refractivity contribution in [1.82, 2.24) is 0 Å². The minimum atomic E-state index is -4.56. The second-order valence-corrected chi connectivity index (χ2v) is 4.61. The number of rotatable bonds is 1. The number of benzene rings is 2. The van der Waals surface area contributed by atoms with Crippen molar-refractivity contribution >= 4 is 23.2 Å². The maximum absolute atomic E-state index is 13.5. The maximum Gasteiger partial charge on any atom is 0.417 e. The van der Waals surface area contributed by atoms with Crippen LogP contribution in [0.25, 0.3) is 11.1 Å². The van der Waals surface area contributed by atoms with Crippen LogP contribution in [0.2, 0.25) is 10.0 Å². The average Bonchev–Trinajstić information content (AvgIpc) is 2.33. The highest BCUT2D eigenvalue weighted by atomic mass is 35.5. The van der Waals surface area contributed by atoms with Gasteiger partial charge in [-0.25, -0.2) is 4.39 Å². The maximum atomic E-state index is 13.5. The molecule has 0 fully saturated rings. The van der Waals surface area contributed by atoms with Crippen molar-refractivity contribution in [3.8, 4) is 11.1 Å². The van der Waals surface area contributed by atoms with Crippen molar-refractivity contribution in [2.24, 2.45) is 0 Å². The molecule has 0 aliphatic heterocycles. The van der Waals surface area contributed by atoms with Crippen molar-refractivity contribution in [3.05, 3.63) is 57.8 Å². The Morgan fingerprint density at radius 1 is 0.895 bits per heavy atom. The molecule has 0 amide bonds. The molecule has 0 saturated heterocycles. The Hall–Kier alpha value is -1.26. The van der Waals surface area contributed by atoms with Gasteiger partial charge in [0.1, 0.15) is 5.82 Å². The number of halogens is 6. The Kier molecular flexibility index (Phi) is 3.74. The van der Waals surface area contributed by atoms with Crippen molar-refractivity contribution in [1.29, 1.82) is 0 Å². The van der Waals surface area contributed by atoms with Gasteiger partial charge in [-0.15, -0.1) is 0 Å². The highest BCUT2D eigenvalue weighted by Gasteiger charge is 2.34. The van der Waals surface area contributed by atoms with Gasteiger partial charge in [0.05, 0.1) is 10.6 Å². The zero-order valence-electron chi connectivity index (χ0n) is 9.23. The Labute approximate surface area is 116 Å². The van der Waals surface area contributed by atoms with Crippen LogP contribution >= 0.6 is 23.2 Å². The van der Waals surface area contributed by atoms with E-state index in [0.717, 1.165) is 12.1 Å². The third kappa shape index (κ3) is 2.85. The molecule has 2 aromatic carbocycles. The lowest BCUT2D eigenvalue weighted by Crippen LogP contribution is -2.07. The van der Waals surface area contributed by atoms with Gasteiger partial charge in [-0.1, -0.05) is 41.4 Å². The normalized spacial score (nSPS) is 11.7. The van der Waals surface area contributed by atoms with Gasteiger partial charge in [0.15, 0.2) is 0 Å². The molecule has 0 spiro atoms. The van der Waals surface area contributed by atoms with Crippen LogP contribution in [0.15, 0.2) is 36.4 Å². The summed E-state index contributed by atoms with van der Waals surface area (Å²) in [6.45, 7) is 0. The fourth-order valence-electron chi connectivity index (χ4n) is 1.72. The van der Waals surface area contributed by atoms with Gasteiger partial charge in [-0.2, -0.15) is 13.2 Å². The molecule has 0 heterocycles. The predicted octanol–water partition coefficient (Wildman–Crippen LogP) is 5.82. The minimum absolute atomic E-state index is 0.0196. The van der Waals surface area contributed by atoms with Gasteiger partial charge in [-0.05, 0) is 23.8 Å². The fraction of sp³-hybridized carbons (Fsp3) is 0.0769. The first-order valence-corrected chi connectivity index (χ1v) is 5.87. The largest absolute Gasteiger partial charge is 0.417 e. The lowest BCUT2D eigenvalue weighted by atomic mass is 9.99. The first-order valence-electron chi connectivity index (χ1n) is 5.12. The second-order valence-electron chi connectivity index (χ2n) is 3.79. The number of hydrogen-bond donors (Lipinski definition) is 0. The molecule has 0 atom stereocenters. The van der Waals surface area contributed by atoms with Crippen LogP contribution in [0.3, 0.4) is 0 Å². The van der Waals surface area contributed by atoms with Crippen molar-refractivity contribution in [2.75, 3.05) is 0 Å². The van der Waals surface area contributed by atoms with Gasteiger partial charge in [-0.3, -0.25) is 0 Å². The van der Waals surface area contributed by atoms with E-state index < -0.39 is 17.6 Å². The smallest absolute Gasteiger partial charge is 0.205 e. The van der Waals surface area contributed by atoms with E-state index in [1.807, 2.05) is 0 Å². The van der Waals surface area contributed by atoms with E-state index in [-0.39, 0.29) is 21.2 Å². The average molecular weight is 309 g/mol. The van der Waals surface area contributed by atoms with Crippen LogP contribution in [0.1, 0.15) is 5.56 Å². The molecular formula is C13H6Cl2F4. The molecule has 0 N–H and O–H groups in total. The summed E-state index contributed by atoms with van der Waals surface area (Å²) in [4.78, 5) is 0. The molecule has 2 rings (SSSR count).